The Morgan fingerprint density at radius 1 is 1.12 bits per heavy atom. The van der Waals surface area contributed by atoms with Crippen molar-refractivity contribution in [1.82, 2.24) is 10.2 Å². The lowest BCUT2D eigenvalue weighted by Crippen LogP contribution is -2.41. The van der Waals surface area contributed by atoms with E-state index in [1.165, 1.54) is 45.3 Å². The third kappa shape index (κ3) is 2.89. The Bertz CT molecular complexity index is 211. The first kappa shape index (κ1) is 12.6. The molecule has 16 heavy (non-hydrogen) atoms. The van der Waals surface area contributed by atoms with E-state index in [1.807, 2.05) is 0 Å². The summed E-state index contributed by atoms with van der Waals surface area (Å²) in [7, 11) is 0. The van der Waals surface area contributed by atoms with Crippen LogP contribution in [0.25, 0.3) is 0 Å². The van der Waals surface area contributed by atoms with Gasteiger partial charge in [0.1, 0.15) is 0 Å². The molecule has 94 valence electrons. The number of rotatable bonds is 4. The molecule has 0 spiro atoms. The molecular formula is C12H23ClN2O. The molecule has 2 atom stereocenters. The SMILES string of the molecule is C1CC(N(CC2CCOC2)C2CC2)CN1.Cl. The minimum Gasteiger partial charge on any atom is -0.381 e. The van der Waals surface area contributed by atoms with Gasteiger partial charge in [0, 0.05) is 31.8 Å². The minimum atomic E-state index is 0. The predicted octanol–water partition coefficient (Wildman–Crippen LogP) is 1.27. The Hall–Kier alpha value is 0.170. The van der Waals surface area contributed by atoms with E-state index >= 15 is 0 Å². The molecule has 0 aromatic heterocycles. The number of ether oxygens (including phenoxy) is 1. The van der Waals surface area contributed by atoms with Crippen LogP contribution in [-0.4, -0.2) is 49.8 Å². The maximum Gasteiger partial charge on any atom is 0.0507 e. The summed E-state index contributed by atoms with van der Waals surface area (Å²) >= 11 is 0. The minimum absolute atomic E-state index is 0. The smallest absolute Gasteiger partial charge is 0.0507 e. The summed E-state index contributed by atoms with van der Waals surface area (Å²) < 4.78 is 5.48. The normalized spacial score (nSPS) is 34.3. The van der Waals surface area contributed by atoms with Crippen LogP contribution in [0.15, 0.2) is 0 Å². The molecule has 3 aliphatic rings. The van der Waals surface area contributed by atoms with Crippen molar-refractivity contribution in [2.24, 2.45) is 5.92 Å². The Balaban J connectivity index is 0.000000963. The van der Waals surface area contributed by atoms with Crippen LogP contribution < -0.4 is 5.32 Å². The number of hydrogen-bond donors (Lipinski definition) is 1. The predicted molar refractivity (Wildman–Crippen MR) is 67.2 cm³/mol. The van der Waals surface area contributed by atoms with Gasteiger partial charge in [-0.2, -0.15) is 0 Å². The molecule has 0 aromatic rings. The van der Waals surface area contributed by atoms with E-state index in [2.05, 4.69) is 10.2 Å². The summed E-state index contributed by atoms with van der Waals surface area (Å²) in [6.45, 7) is 5.71. The highest BCUT2D eigenvalue weighted by Gasteiger charge is 2.36. The van der Waals surface area contributed by atoms with E-state index in [0.717, 1.165) is 31.2 Å². The van der Waals surface area contributed by atoms with Gasteiger partial charge in [0.2, 0.25) is 0 Å². The molecule has 2 saturated heterocycles. The van der Waals surface area contributed by atoms with Crippen molar-refractivity contribution in [3.63, 3.8) is 0 Å². The zero-order valence-corrected chi connectivity index (χ0v) is 10.7. The fourth-order valence-corrected chi connectivity index (χ4v) is 2.95. The molecule has 3 rings (SSSR count). The lowest BCUT2D eigenvalue weighted by Gasteiger charge is -2.30. The monoisotopic (exact) mass is 246 g/mol. The molecule has 0 amide bonds. The fourth-order valence-electron chi connectivity index (χ4n) is 2.95. The van der Waals surface area contributed by atoms with Gasteiger partial charge in [-0.25, -0.2) is 0 Å². The Morgan fingerprint density at radius 3 is 2.56 bits per heavy atom. The molecule has 1 N–H and O–H groups in total. The van der Waals surface area contributed by atoms with Crippen LogP contribution in [-0.2, 0) is 4.74 Å². The third-order valence-corrected chi connectivity index (χ3v) is 4.01. The summed E-state index contributed by atoms with van der Waals surface area (Å²) in [5.41, 5.74) is 0. The summed E-state index contributed by atoms with van der Waals surface area (Å²) in [6.07, 6.45) is 5.50. The van der Waals surface area contributed by atoms with Gasteiger partial charge in [-0.15, -0.1) is 12.4 Å². The molecule has 3 fully saturated rings. The molecular weight excluding hydrogens is 224 g/mol. The third-order valence-electron chi connectivity index (χ3n) is 4.01. The number of nitrogens with one attached hydrogen (secondary N) is 1. The summed E-state index contributed by atoms with van der Waals surface area (Å²) in [4.78, 5) is 2.78. The standard InChI is InChI=1S/C12H22N2O.ClH/c1-2-11(1)14(12-3-5-13-7-12)8-10-4-6-15-9-10;/h10-13H,1-9H2;1H. The molecule has 1 saturated carbocycles. The van der Waals surface area contributed by atoms with E-state index in [4.69, 9.17) is 4.74 Å². The van der Waals surface area contributed by atoms with Gasteiger partial charge in [0.05, 0.1) is 6.61 Å². The Kier molecular flexibility index (Phi) is 4.48. The first-order valence-corrected chi connectivity index (χ1v) is 6.47. The highest BCUT2D eigenvalue weighted by Crippen LogP contribution is 2.32. The quantitative estimate of drug-likeness (QED) is 0.809. The molecule has 2 heterocycles. The van der Waals surface area contributed by atoms with E-state index in [-0.39, 0.29) is 12.4 Å². The van der Waals surface area contributed by atoms with Crippen molar-refractivity contribution in [1.29, 1.82) is 0 Å². The zero-order valence-electron chi connectivity index (χ0n) is 9.86. The van der Waals surface area contributed by atoms with Gasteiger partial charge in [-0.05, 0) is 38.1 Å². The maximum absolute atomic E-state index is 5.48. The lowest BCUT2D eigenvalue weighted by molar-refractivity contribution is 0.142. The van der Waals surface area contributed by atoms with Crippen LogP contribution >= 0.6 is 12.4 Å². The van der Waals surface area contributed by atoms with Crippen molar-refractivity contribution in [2.75, 3.05) is 32.8 Å². The van der Waals surface area contributed by atoms with E-state index in [0.29, 0.717) is 0 Å². The van der Waals surface area contributed by atoms with Gasteiger partial charge >= 0.3 is 0 Å². The number of nitrogens with zero attached hydrogens (tertiary/aromatic N) is 1. The zero-order chi connectivity index (χ0) is 10.1. The lowest BCUT2D eigenvalue weighted by atomic mass is 10.1. The molecule has 0 radical (unpaired) electrons. The average Bonchev–Trinajstić information content (AvgIpc) is 2.78. The van der Waals surface area contributed by atoms with Gasteiger partial charge in [-0.1, -0.05) is 0 Å². The van der Waals surface area contributed by atoms with Crippen molar-refractivity contribution >= 4 is 12.4 Å². The second-order valence-corrected chi connectivity index (χ2v) is 5.30. The fraction of sp³-hybridized carbons (Fsp3) is 1.00. The molecule has 2 unspecified atom stereocenters. The largest absolute Gasteiger partial charge is 0.381 e. The highest BCUT2D eigenvalue weighted by atomic mass is 35.5. The molecule has 0 bridgehead atoms. The summed E-state index contributed by atoms with van der Waals surface area (Å²) in [5.74, 6) is 0.811. The Labute approximate surface area is 104 Å². The van der Waals surface area contributed by atoms with Crippen LogP contribution in [0.2, 0.25) is 0 Å². The summed E-state index contributed by atoms with van der Waals surface area (Å²) in [6, 6.07) is 1.73. The molecule has 3 nitrogen and oxygen atoms in total. The molecule has 2 aliphatic heterocycles. The first-order chi connectivity index (χ1) is 7.43. The van der Waals surface area contributed by atoms with Gasteiger partial charge in [0.25, 0.3) is 0 Å². The van der Waals surface area contributed by atoms with Crippen LogP contribution in [0, 0.1) is 5.92 Å². The van der Waals surface area contributed by atoms with Crippen LogP contribution in [0.1, 0.15) is 25.7 Å². The molecule has 0 aromatic carbocycles. The van der Waals surface area contributed by atoms with Crippen molar-refractivity contribution in [2.45, 2.75) is 37.8 Å². The first-order valence-electron chi connectivity index (χ1n) is 6.47. The van der Waals surface area contributed by atoms with Gasteiger partial charge in [-0.3, -0.25) is 4.90 Å². The second kappa shape index (κ2) is 5.67. The molecule has 1 aliphatic carbocycles. The summed E-state index contributed by atoms with van der Waals surface area (Å²) in [5, 5.41) is 3.49. The average molecular weight is 247 g/mol. The highest BCUT2D eigenvalue weighted by molar-refractivity contribution is 5.85. The van der Waals surface area contributed by atoms with Crippen molar-refractivity contribution < 1.29 is 4.74 Å². The topological polar surface area (TPSA) is 24.5 Å². The van der Waals surface area contributed by atoms with Crippen LogP contribution in [0.4, 0.5) is 0 Å². The number of hydrogen-bond acceptors (Lipinski definition) is 3. The van der Waals surface area contributed by atoms with E-state index < -0.39 is 0 Å². The Morgan fingerprint density at radius 2 is 2.00 bits per heavy atom. The van der Waals surface area contributed by atoms with Crippen molar-refractivity contribution in [3.8, 4) is 0 Å². The van der Waals surface area contributed by atoms with E-state index in [1.54, 1.807) is 0 Å². The van der Waals surface area contributed by atoms with E-state index in [9.17, 15) is 0 Å². The second-order valence-electron chi connectivity index (χ2n) is 5.30. The maximum atomic E-state index is 5.48. The molecule has 4 heteroatoms. The van der Waals surface area contributed by atoms with Crippen LogP contribution in [0.3, 0.4) is 0 Å². The van der Waals surface area contributed by atoms with Gasteiger partial charge in [0.15, 0.2) is 0 Å². The van der Waals surface area contributed by atoms with Gasteiger partial charge < -0.3 is 10.1 Å². The van der Waals surface area contributed by atoms with Crippen LogP contribution in [0.5, 0.6) is 0 Å². The number of halogens is 1. The van der Waals surface area contributed by atoms with Crippen molar-refractivity contribution in [3.05, 3.63) is 0 Å².